The van der Waals surface area contributed by atoms with Crippen LogP contribution in [0.2, 0.25) is 5.02 Å². The van der Waals surface area contributed by atoms with Crippen LogP contribution >= 0.6 is 11.6 Å². The molecule has 6 heteroatoms. The molecule has 26 heavy (non-hydrogen) atoms. The molecular weight excluding hydrogens is 350 g/mol. The summed E-state index contributed by atoms with van der Waals surface area (Å²) in [5, 5.41) is 9.42. The van der Waals surface area contributed by atoms with E-state index in [-0.39, 0.29) is 0 Å². The Morgan fingerprint density at radius 2 is 1.69 bits per heavy atom. The minimum atomic E-state index is -0.491. The fraction of sp³-hybridized carbons (Fsp3) is 0.0500. The van der Waals surface area contributed by atoms with Crippen LogP contribution in [-0.2, 0) is 0 Å². The molecular formula is C20H14ClN3O2. The monoisotopic (exact) mass is 363 g/mol. The first kappa shape index (κ1) is 16.3. The number of ether oxygens (including phenoxy) is 1. The molecule has 0 spiro atoms. The number of rotatable bonds is 3. The summed E-state index contributed by atoms with van der Waals surface area (Å²) in [6.45, 7) is 1.95. The molecule has 0 amide bonds. The Kier molecular flexibility index (Phi) is 4.14. The van der Waals surface area contributed by atoms with Gasteiger partial charge in [0.15, 0.2) is 5.75 Å². The molecule has 1 aromatic heterocycles. The second kappa shape index (κ2) is 6.61. The Labute approximate surface area is 154 Å². The normalized spacial score (nSPS) is 10.8. The molecule has 0 unspecified atom stereocenters. The van der Waals surface area contributed by atoms with Crippen LogP contribution in [0.5, 0.6) is 5.75 Å². The number of benzene rings is 3. The van der Waals surface area contributed by atoms with Crippen LogP contribution in [0, 0.1) is 6.92 Å². The van der Waals surface area contributed by atoms with Crippen LogP contribution in [-0.4, -0.2) is 21.0 Å². The summed E-state index contributed by atoms with van der Waals surface area (Å²) in [6, 6.07) is 19.7. The van der Waals surface area contributed by atoms with E-state index in [1.54, 1.807) is 30.3 Å². The zero-order chi connectivity index (χ0) is 18.1. The summed E-state index contributed by atoms with van der Waals surface area (Å²) in [6.07, 6.45) is 0. The quantitative estimate of drug-likeness (QED) is 0.394. The largest absolute Gasteiger partial charge is 0.421 e. The van der Waals surface area contributed by atoms with E-state index in [9.17, 15) is 4.79 Å². The molecule has 0 N–H and O–H groups in total. The topological polar surface area (TPSA) is 57.0 Å². The first-order valence-electron chi connectivity index (χ1n) is 8.01. The maximum Gasteiger partial charge on any atom is 0.343 e. The van der Waals surface area contributed by atoms with Gasteiger partial charge in [0.25, 0.3) is 0 Å². The molecule has 0 aliphatic rings. The van der Waals surface area contributed by atoms with E-state index in [0.29, 0.717) is 22.0 Å². The molecule has 0 bridgehead atoms. The molecule has 3 aromatic carbocycles. The lowest BCUT2D eigenvalue weighted by Crippen LogP contribution is -2.11. The molecule has 4 rings (SSSR count). The summed E-state index contributed by atoms with van der Waals surface area (Å²) < 4.78 is 5.59. The number of esters is 1. The zero-order valence-corrected chi connectivity index (χ0v) is 14.6. The number of hydrogen-bond donors (Lipinski definition) is 0. The summed E-state index contributed by atoms with van der Waals surface area (Å²) in [7, 11) is 0. The van der Waals surface area contributed by atoms with Crippen LogP contribution in [0.15, 0.2) is 66.7 Å². The minimum Gasteiger partial charge on any atom is -0.421 e. The van der Waals surface area contributed by atoms with Gasteiger partial charge in [-0.15, -0.1) is 15.0 Å². The van der Waals surface area contributed by atoms with Crippen LogP contribution in [0.1, 0.15) is 15.9 Å². The summed E-state index contributed by atoms with van der Waals surface area (Å²) in [5.74, 6) is -0.116. The van der Waals surface area contributed by atoms with Crippen LogP contribution in [0.25, 0.3) is 16.7 Å². The van der Waals surface area contributed by atoms with E-state index < -0.39 is 5.97 Å². The standard InChI is InChI=1S/C20H14ClN3O2/c1-13-9-10-19(26-20(25)14-5-4-6-15(21)12-14)18(11-13)24-22-16-7-2-3-8-17(16)23-24/h2-12H,1H3. The average molecular weight is 364 g/mol. The highest BCUT2D eigenvalue weighted by Crippen LogP contribution is 2.25. The summed E-state index contributed by atoms with van der Waals surface area (Å²) in [5.41, 5.74) is 3.50. The van der Waals surface area contributed by atoms with Gasteiger partial charge in [-0.05, 0) is 55.0 Å². The minimum absolute atomic E-state index is 0.376. The van der Waals surface area contributed by atoms with Crippen molar-refractivity contribution in [1.29, 1.82) is 0 Å². The summed E-state index contributed by atoms with van der Waals surface area (Å²) >= 11 is 5.95. The number of fused-ring (bicyclic) bond motifs is 1. The van der Waals surface area contributed by atoms with Gasteiger partial charge in [-0.1, -0.05) is 35.9 Å². The van der Waals surface area contributed by atoms with E-state index in [1.807, 2.05) is 43.3 Å². The third kappa shape index (κ3) is 3.17. The van der Waals surface area contributed by atoms with Gasteiger partial charge in [-0.2, -0.15) is 0 Å². The smallest absolute Gasteiger partial charge is 0.343 e. The zero-order valence-electron chi connectivity index (χ0n) is 13.9. The van der Waals surface area contributed by atoms with Gasteiger partial charge in [0, 0.05) is 5.02 Å². The van der Waals surface area contributed by atoms with Crippen molar-refractivity contribution in [3.05, 3.63) is 82.9 Å². The number of aryl methyl sites for hydroxylation is 1. The van der Waals surface area contributed by atoms with E-state index in [4.69, 9.17) is 16.3 Å². The third-order valence-electron chi connectivity index (χ3n) is 3.88. The van der Waals surface area contributed by atoms with Crippen molar-refractivity contribution < 1.29 is 9.53 Å². The summed E-state index contributed by atoms with van der Waals surface area (Å²) in [4.78, 5) is 14.0. The molecule has 0 aliphatic heterocycles. The average Bonchev–Trinajstić information content (AvgIpc) is 3.07. The predicted molar refractivity (Wildman–Crippen MR) is 100 cm³/mol. The van der Waals surface area contributed by atoms with Crippen molar-refractivity contribution in [3.8, 4) is 11.4 Å². The van der Waals surface area contributed by atoms with Gasteiger partial charge in [-0.25, -0.2) is 4.79 Å². The molecule has 0 fully saturated rings. The van der Waals surface area contributed by atoms with Gasteiger partial charge in [-0.3, -0.25) is 0 Å². The molecule has 1 heterocycles. The van der Waals surface area contributed by atoms with E-state index in [0.717, 1.165) is 16.6 Å². The lowest BCUT2D eigenvalue weighted by atomic mass is 10.2. The van der Waals surface area contributed by atoms with E-state index in [2.05, 4.69) is 10.2 Å². The molecule has 0 aliphatic carbocycles. The van der Waals surface area contributed by atoms with Crippen LogP contribution in [0.3, 0.4) is 0 Å². The van der Waals surface area contributed by atoms with Crippen LogP contribution < -0.4 is 4.74 Å². The number of aromatic nitrogens is 3. The van der Waals surface area contributed by atoms with Gasteiger partial charge < -0.3 is 4.74 Å². The van der Waals surface area contributed by atoms with E-state index >= 15 is 0 Å². The Morgan fingerprint density at radius 1 is 0.962 bits per heavy atom. The number of hydrogen-bond acceptors (Lipinski definition) is 4. The van der Waals surface area contributed by atoms with Gasteiger partial charge in [0.05, 0.1) is 5.56 Å². The van der Waals surface area contributed by atoms with Crippen molar-refractivity contribution in [2.24, 2.45) is 0 Å². The highest BCUT2D eigenvalue weighted by atomic mass is 35.5. The highest BCUT2D eigenvalue weighted by molar-refractivity contribution is 6.30. The third-order valence-corrected chi connectivity index (χ3v) is 4.11. The molecule has 0 saturated carbocycles. The van der Waals surface area contributed by atoms with Gasteiger partial charge >= 0.3 is 5.97 Å². The first-order chi connectivity index (χ1) is 12.6. The Morgan fingerprint density at radius 3 is 2.38 bits per heavy atom. The molecule has 128 valence electrons. The highest BCUT2D eigenvalue weighted by Gasteiger charge is 2.15. The van der Waals surface area contributed by atoms with Gasteiger partial charge in [0.2, 0.25) is 0 Å². The lowest BCUT2D eigenvalue weighted by Gasteiger charge is -2.10. The molecule has 4 aromatic rings. The Hall–Kier alpha value is -3.18. The van der Waals surface area contributed by atoms with E-state index in [1.165, 1.54) is 4.80 Å². The van der Waals surface area contributed by atoms with Crippen molar-refractivity contribution in [3.63, 3.8) is 0 Å². The number of carbonyl (C=O) groups excluding carboxylic acids is 1. The molecule has 0 radical (unpaired) electrons. The second-order valence-corrected chi connectivity index (χ2v) is 6.29. The first-order valence-corrected chi connectivity index (χ1v) is 8.39. The van der Waals surface area contributed by atoms with Gasteiger partial charge in [0.1, 0.15) is 16.7 Å². The fourth-order valence-corrected chi connectivity index (χ4v) is 2.80. The molecule has 0 atom stereocenters. The SMILES string of the molecule is Cc1ccc(OC(=O)c2cccc(Cl)c2)c(-n2nc3ccccc3n2)c1. The maximum absolute atomic E-state index is 12.5. The lowest BCUT2D eigenvalue weighted by molar-refractivity contribution is 0.0734. The van der Waals surface area contributed by atoms with Crippen molar-refractivity contribution in [1.82, 2.24) is 15.0 Å². The second-order valence-electron chi connectivity index (χ2n) is 5.85. The van der Waals surface area contributed by atoms with Crippen molar-refractivity contribution >= 4 is 28.6 Å². The predicted octanol–water partition coefficient (Wildman–Crippen LogP) is 4.60. The molecule has 0 saturated heterocycles. The Bertz CT molecular complexity index is 1090. The number of carbonyl (C=O) groups is 1. The fourth-order valence-electron chi connectivity index (χ4n) is 2.61. The number of nitrogens with zero attached hydrogens (tertiary/aromatic N) is 3. The number of halogens is 1. The Balaban J connectivity index is 1.74. The van der Waals surface area contributed by atoms with Crippen LogP contribution in [0.4, 0.5) is 0 Å². The van der Waals surface area contributed by atoms with Crippen molar-refractivity contribution in [2.75, 3.05) is 0 Å². The van der Waals surface area contributed by atoms with Crippen molar-refractivity contribution in [2.45, 2.75) is 6.92 Å². The molecule has 5 nitrogen and oxygen atoms in total. The maximum atomic E-state index is 12.5.